The van der Waals surface area contributed by atoms with Gasteiger partial charge in [-0.2, -0.15) is 0 Å². The molecule has 0 aromatic carbocycles. The molecule has 5 nitrogen and oxygen atoms in total. The van der Waals surface area contributed by atoms with Crippen LogP contribution in [0.3, 0.4) is 0 Å². The number of thiophene rings is 1. The molecule has 0 bridgehead atoms. The van der Waals surface area contributed by atoms with Crippen LogP contribution in [0, 0.1) is 5.92 Å². The molecular weight excluding hydrogens is 308 g/mol. The summed E-state index contributed by atoms with van der Waals surface area (Å²) in [4.78, 5) is 12.9. The predicted molar refractivity (Wildman–Crippen MR) is 84.2 cm³/mol. The molecule has 1 rings (SSSR count). The first-order valence-corrected chi connectivity index (χ1v) is 10.1. The molecule has 0 saturated carbocycles. The van der Waals surface area contributed by atoms with E-state index in [1.54, 1.807) is 18.3 Å². The second-order valence-electron chi connectivity index (χ2n) is 4.59. The highest BCUT2D eigenvalue weighted by Gasteiger charge is 2.41. The lowest BCUT2D eigenvalue weighted by atomic mass is 10.0. The first-order chi connectivity index (χ1) is 9.97. The van der Waals surface area contributed by atoms with Crippen LogP contribution in [0.25, 0.3) is 0 Å². The SMILES string of the molecule is CCO[Si](C)(OCC)O[C@H](c1cccs1)[C@@H](C)C(=O)OC. The third-order valence-corrected chi connectivity index (χ3v) is 6.25. The second-order valence-corrected chi connectivity index (χ2v) is 8.11. The maximum absolute atomic E-state index is 11.9. The number of methoxy groups -OCH3 is 1. The van der Waals surface area contributed by atoms with Crippen LogP contribution in [-0.4, -0.2) is 35.1 Å². The van der Waals surface area contributed by atoms with Crippen LogP contribution in [0.2, 0.25) is 6.55 Å². The highest BCUT2D eigenvalue weighted by molar-refractivity contribution is 7.10. The predicted octanol–water partition coefficient (Wildman–Crippen LogP) is 3.26. The summed E-state index contributed by atoms with van der Waals surface area (Å²) in [6, 6.07) is 3.88. The van der Waals surface area contributed by atoms with Crippen LogP contribution in [0.15, 0.2) is 17.5 Å². The van der Waals surface area contributed by atoms with E-state index in [2.05, 4.69) is 0 Å². The molecular formula is C14H24O5SSi. The fourth-order valence-electron chi connectivity index (χ4n) is 2.03. The summed E-state index contributed by atoms with van der Waals surface area (Å²) in [5.41, 5.74) is 0. The Morgan fingerprint density at radius 1 is 1.33 bits per heavy atom. The monoisotopic (exact) mass is 332 g/mol. The third kappa shape index (κ3) is 5.19. The van der Waals surface area contributed by atoms with E-state index in [9.17, 15) is 4.79 Å². The van der Waals surface area contributed by atoms with Crippen molar-refractivity contribution in [2.75, 3.05) is 20.3 Å². The van der Waals surface area contributed by atoms with Gasteiger partial charge in [0.2, 0.25) is 0 Å². The molecule has 0 aliphatic heterocycles. The van der Waals surface area contributed by atoms with Gasteiger partial charge in [-0.25, -0.2) is 0 Å². The minimum Gasteiger partial charge on any atom is -0.469 e. The molecule has 0 aliphatic rings. The summed E-state index contributed by atoms with van der Waals surface area (Å²) < 4.78 is 22.4. The van der Waals surface area contributed by atoms with Gasteiger partial charge in [0.25, 0.3) is 0 Å². The smallest absolute Gasteiger partial charge is 0.469 e. The molecule has 0 amide bonds. The molecule has 0 N–H and O–H groups in total. The number of carbonyl (C=O) groups excluding carboxylic acids is 1. The van der Waals surface area contributed by atoms with Gasteiger partial charge >= 0.3 is 14.8 Å². The highest BCUT2D eigenvalue weighted by atomic mass is 32.1. The lowest BCUT2D eigenvalue weighted by Gasteiger charge is -2.31. The van der Waals surface area contributed by atoms with E-state index < -0.39 is 20.8 Å². The minimum absolute atomic E-state index is 0.308. The van der Waals surface area contributed by atoms with E-state index in [0.29, 0.717) is 13.2 Å². The van der Waals surface area contributed by atoms with Crippen LogP contribution in [0.5, 0.6) is 0 Å². The van der Waals surface area contributed by atoms with Crippen LogP contribution in [0.4, 0.5) is 0 Å². The lowest BCUT2D eigenvalue weighted by Crippen LogP contribution is -2.45. The van der Waals surface area contributed by atoms with Crippen molar-refractivity contribution in [3.05, 3.63) is 22.4 Å². The van der Waals surface area contributed by atoms with E-state index in [4.69, 9.17) is 18.0 Å². The Morgan fingerprint density at radius 2 is 1.95 bits per heavy atom. The fraction of sp³-hybridized carbons (Fsp3) is 0.643. The molecule has 7 heteroatoms. The standard InChI is InChI=1S/C14H24O5SSi/c1-6-17-21(5,18-7-2)19-13(11(3)14(15)16-4)12-9-8-10-20-12/h8-11,13H,6-7H2,1-5H3/t11-,13+/m1/s1. The second kappa shape index (κ2) is 8.65. The van der Waals surface area contributed by atoms with Gasteiger partial charge in [-0.1, -0.05) is 6.07 Å². The zero-order valence-electron chi connectivity index (χ0n) is 13.3. The van der Waals surface area contributed by atoms with Crippen molar-refractivity contribution in [3.63, 3.8) is 0 Å². The van der Waals surface area contributed by atoms with E-state index in [1.165, 1.54) is 7.11 Å². The summed E-state index contributed by atoms with van der Waals surface area (Å²) in [5.74, 6) is -0.737. The van der Waals surface area contributed by atoms with Crippen molar-refractivity contribution in [1.82, 2.24) is 0 Å². The van der Waals surface area contributed by atoms with Gasteiger partial charge in [-0.3, -0.25) is 4.79 Å². The third-order valence-electron chi connectivity index (χ3n) is 3.00. The molecule has 0 aliphatic carbocycles. The molecule has 0 radical (unpaired) electrons. The van der Waals surface area contributed by atoms with Crippen molar-refractivity contribution in [1.29, 1.82) is 0 Å². The normalized spacial score (nSPS) is 14.7. The van der Waals surface area contributed by atoms with Crippen LogP contribution >= 0.6 is 11.3 Å². The first-order valence-electron chi connectivity index (χ1n) is 7.04. The van der Waals surface area contributed by atoms with Crippen LogP contribution < -0.4 is 0 Å². The molecule has 120 valence electrons. The van der Waals surface area contributed by atoms with E-state index in [0.717, 1.165) is 4.88 Å². The highest BCUT2D eigenvalue weighted by Crippen LogP contribution is 2.33. The quantitative estimate of drug-likeness (QED) is 0.513. The maximum atomic E-state index is 11.9. The number of carbonyl (C=O) groups is 1. The largest absolute Gasteiger partial charge is 0.498 e. The minimum atomic E-state index is -2.79. The molecule has 1 heterocycles. The van der Waals surface area contributed by atoms with Crippen molar-refractivity contribution in [2.24, 2.45) is 5.92 Å². The number of hydrogen-bond acceptors (Lipinski definition) is 6. The molecule has 0 spiro atoms. The Kier molecular flexibility index (Phi) is 7.54. The van der Waals surface area contributed by atoms with Crippen molar-refractivity contribution in [3.8, 4) is 0 Å². The van der Waals surface area contributed by atoms with E-state index in [-0.39, 0.29) is 5.97 Å². The topological polar surface area (TPSA) is 54.0 Å². The molecule has 2 atom stereocenters. The van der Waals surface area contributed by atoms with Crippen molar-refractivity contribution < 1.29 is 22.8 Å². The van der Waals surface area contributed by atoms with Gasteiger partial charge < -0.3 is 18.0 Å². The summed E-state index contributed by atoms with van der Waals surface area (Å²) in [6.07, 6.45) is -0.424. The summed E-state index contributed by atoms with van der Waals surface area (Å²) >= 11 is 1.54. The average molecular weight is 332 g/mol. The summed E-state index contributed by atoms with van der Waals surface area (Å²) in [6.45, 7) is 8.46. The van der Waals surface area contributed by atoms with E-state index >= 15 is 0 Å². The number of ether oxygens (including phenoxy) is 1. The lowest BCUT2D eigenvalue weighted by molar-refractivity contribution is -0.149. The van der Waals surface area contributed by atoms with Gasteiger partial charge in [0.1, 0.15) is 0 Å². The van der Waals surface area contributed by atoms with Crippen molar-refractivity contribution in [2.45, 2.75) is 33.4 Å². The van der Waals surface area contributed by atoms with Gasteiger partial charge in [0, 0.05) is 24.6 Å². The molecule has 1 aromatic rings. The van der Waals surface area contributed by atoms with Crippen molar-refractivity contribution >= 4 is 26.1 Å². The Hall–Kier alpha value is -0.733. The van der Waals surface area contributed by atoms with Gasteiger partial charge in [0.15, 0.2) is 0 Å². The molecule has 0 saturated heterocycles. The zero-order valence-corrected chi connectivity index (χ0v) is 15.1. The fourth-order valence-corrected chi connectivity index (χ4v) is 5.04. The molecule has 1 aromatic heterocycles. The number of hydrogen-bond donors (Lipinski definition) is 0. The maximum Gasteiger partial charge on any atom is 0.498 e. The molecule has 21 heavy (non-hydrogen) atoms. The summed E-state index contributed by atoms with van der Waals surface area (Å²) in [5, 5.41) is 1.95. The number of esters is 1. The van der Waals surface area contributed by atoms with Crippen LogP contribution in [-0.2, 0) is 22.8 Å². The van der Waals surface area contributed by atoms with Gasteiger partial charge in [-0.05, 0) is 32.2 Å². The average Bonchev–Trinajstić information content (AvgIpc) is 2.97. The zero-order chi connectivity index (χ0) is 15.9. The Labute approximate surface area is 131 Å². The summed E-state index contributed by atoms with van der Waals surface area (Å²) in [7, 11) is -1.41. The molecule has 0 fully saturated rings. The van der Waals surface area contributed by atoms with Crippen LogP contribution in [0.1, 0.15) is 31.8 Å². The van der Waals surface area contributed by atoms with Gasteiger partial charge in [-0.15, -0.1) is 11.3 Å². The van der Waals surface area contributed by atoms with Gasteiger partial charge in [0.05, 0.1) is 19.1 Å². The first kappa shape index (κ1) is 18.3. The van der Waals surface area contributed by atoms with E-state index in [1.807, 2.05) is 37.9 Å². The Balaban J connectivity index is 2.98. The Morgan fingerprint density at radius 3 is 2.38 bits per heavy atom. The Bertz CT molecular complexity index is 417. The number of rotatable bonds is 9. The molecule has 0 unspecified atom stereocenters.